The van der Waals surface area contributed by atoms with Gasteiger partial charge in [0.1, 0.15) is 11.5 Å². The second kappa shape index (κ2) is 7.52. The van der Waals surface area contributed by atoms with Crippen LogP contribution in [0.25, 0.3) is 0 Å². The van der Waals surface area contributed by atoms with Gasteiger partial charge in [-0.25, -0.2) is 0 Å². The molecule has 0 N–H and O–H groups in total. The molecule has 3 rings (SSSR count). The van der Waals surface area contributed by atoms with Gasteiger partial charge in [0.25, 0.3) is 0 Å². The summed E-state index contributed by atoms with van der Waals surface area (Å²) in [5, 5.41) is 0. The molecular formula is C21H24O3. The molecule has 1 aliphatic carbocycles. The first-order chi connectivity index (χ1) is 11.7. The molecule has 0 heterocycles. The number of benzene rings is 2. The van der Waals surface area contributed by atoms with Crippen molar-refractivity contribution in [2.45, 2.75) is 39.0 Å². The Morgan fingerprint density at radius 3 is 2.50 bits per heavy atom. The zero-order valence-corrected chi connectivity index (χ0v) is 14.4. The Bertz CT molecular complexity index is 717. The molecule has 0 atom stereocenters. The largest absolute Gasteiger partial charge is 0.496 e. The molecule has 126 valence electrons. The Hall–Kier alpha value is -2.29. The zero-order chi connectivity index (χ0) is 16.9. The lowest BCUT2D eigenvalue weighted by Crippen LogP contribution is -2.14. The van der Waals surface area contributed by atoms with Crippen molar-refractivity contribution in [1.82, 2.24) is 0 Å². The highest BCUT2D eigenvalue weighted by Crippen LogP contribution is 2.36. The highest BCUT2D eigenvalue weighted by molar-refractivity contribution is 6.01. The van der Waals surface area contributed by atoms with Crippen LogP contribution in [-0.4, -0.2) is 19.5 Å². The molecule has 0 bridgehead atoms. The quantitative estimate of drug-likeness (QED) is 0.732. The van der Waals surface area contributed by atoms with Crippen LogP contribution in [0.2, 0.25) is 0 Å². The summed E-state index contributed by atoms with van der Waals surface area (Å²) in [6.07, 6.45) is 4.27. The predicted molar refractivity (Wildman–Crippen MR) is 95.3 cm³/mol. The standard InChI is InChI=1S/C21H24O3/c1-15-8-10-16(11-9-15)5-4-14-24-20-13-12-19(23-2)17-6-3-7-18(22)21(17)20/h8-13H,3-7,14H2,1-2H3. The minimum atomic E-state index is 0.170. The van der Waals surface area contributed by atoms with Crippen LogP contribution in [0.15, 0.2) is 36.4 Å². The van der Waals surface area contributed by atoms with E-state index < -0.39 is 0 Å². The third kappa shape index (κ3) is 3.61. The van der Waals surface area contributed by atoms with Gasteiger partial charge in [-0.2, -0.15) is 0 Å². The highest BCUT2D eigenvalue weighted by atomic mass is 16.5. The van der Waals surface area contributed by atoms with E-state index in [0.29, 0.717) is 18.8 Å². The SMILES string of the molecule is COc1ccc(OCCCc2ccc(C)cc2)c2c1CCCC2=O. The van der Waals surface area contributed by atoms with Crippen molar-refractivity contribution < 1.29 is 14.3 Å². The third-order valence-corrected chi connectivity index (χ3v) is 4.55. The normalized spacial score (nSPS) is 13.5. The lowest BCUT2D eigenvalue weighted by atomic mass is 9.89. The van der Waals surface area contributed by atoms with Crippen molar-refractivity contribution in [2.24, 2.45) is 0 Å². The molecule has 24 heavy (non-hydrogen) atoms. The van der Waals surface area contributed by atoms with Crippen LogP contribution in [-0.2, 0) is 12.8 Å². The van der Waals surface area contributed by atoms with Gasteiger partial charge in [-0.05, 0) is 50.3 Å². The van der Waals surface area contributed by atoms with Crippen LogP contribution in [0, 0.1) is 6.92 Å². The second-order valence-electron chi connectivity index (χ2n) is 6.33. The Morgan fingerprint density at radius 2 is 1.75 bits per heavy atom. The number of ketones is 1. The maximum absolute atomic E-state index is 12.3. The maximum Gasteiger partial charge on any atom is 0.167 e. The van der Waals surface area contributed by atoms with Gasteiger partial charge in [-0.1, -0.05) is 29.8 Å². The number of fused-ring (bicyclic) bond motifs is 1. The molecule has 0 radical (unpaired) electrons. The van der Waals surface area contributed by atoms with Crippen molar-refractivity contribution >= 4 is 5.78 Å². The van der Waals surface area contributed by atoms with E-state index in [9.17, 15) is 4.79 Å². The summed E-state index contributed by atoms with van der Waals surface area (Å²) in [5.74, 6) is 1.67. The van der Waals surface area contributed by atoms with E-state index in [1.54, 1.807) is 7.11 Å². The van der Waals surface area contributed by atoms with Gasteiger partial charge >= 0.3 is 0 Å². The molecule has 2 aromatic carbocycles. The van der Waals surface area contributed by atoms with E-state index in [4.69, 9.17) is 9.47 Å². The summed E-state index contributed by atoms with van der Waals surface area (Å²) in [6.45, 7) is 2.71. The monoisotopic (exact) mass is 324 g/mol. The molecule has 0 fully saturated rings. The third-order valence-electron chi connectivity index (χ3n) is 4.55. The molecule has 2 aromatic rings. The first-order valence-electron chi connectivity index (χ1n) is 8.60. The van der Waals surface area contributed by atoms with E-state index in [1.165, 1.54) is 11.1 Å². The molecule has 3 nitrogen and oxygen atoms in total. The number of rotatable bonds is 6. The minimum absolute atomic E-state index is 0.170. The van der Waals surface area contributed by atoms with Crippen LogP contribution in [0.4, 0.5) is 0 Å². The van der Waals surface area contributed by atoms with Gasteiger partial charge in [-0.15, -0.1) is 0 Å². The van der Waals surface area contributed by atoms with Gasteiger partial charge in [0, 0.05) is 12.0 Å². The lowest BCUT2D eigenvalue weighted by Gasteiger charge is -2.21. The van der Waals surface area contributed by atoms with E-state index in [0.717, 1.165) is 42.6 Å². The van der Waals surface area contributed by atoms with Crippen molar-refractivity contribution in [3.8, 4) is 11.5 Å². The zero-order valence-electron chi connectivity index (χ0n) is 14.4. The maximum atomic E-state index is 12.3. The van der Waals surface area contributed by atoms with Crippen LogP contribution < -0.4 is 9.47 Å². The Morgan fingerprint density at radius 1 is 1.00 bits per heavy atom. The summed E-state index contributed by atoms with van der Waals surface area (Å²) in [7, 11) is 1.65. The van der Waals surface area contributed by atoms with Crippen LogP contribution >= 0.6 is 0 Å². The number of Topliss-reactive ketones (excluding diaryl/α,β-unsaturated/α-hetero) is 1. The van der Waals surface area contributed by atoms with E-state index in [1.807, 2.05) is 12.1 Å². The Balaban J connectivity index is 1.65. The van der Waals surface area contributed by atoms with Gasteiger partial charge in [-0.3, -0.25) is 4.79 Å². The molecule has 0 unspecified atom stereocenters. The fourth-order valence-corrected chi connectivity index (χ4v) is 3.24. The fraction of sp³-hybridized carbons (Fsp3) is 0.381. The number of carbonyl (C=O) groups is 1. The van der Waals surface area contributed by atoms with Crippen LogP contribution in [0.1, 0.15) is 46.3 Å². The van der Waals surface area contributed by atoms with Gasteiger partial charge in [0.2, 0.25) is 0 Å². The van der Waals surface area contributed by atoms with Crippen LogP contribution in [0.5, 0.6) is 11.5 Å². The molecule has 0 saturated heterocycles. The van der Waals surface area contributed by atoms with Crippen molar-refractivity contribution in [3.63, 3.8) is 0 Å². The minimum Gasteiger partial charge on any atom is -0.496 e. The van der Waals surface area contributed by atoms with E-state index >= 15 is 0 Å². The van der Waals surface area contributed by atoms with E-state index in [-0.39, 0.29) is 5.78 Å². The number of ether oxygens (including phenoxy) is 2. The Labute approximate surface area is 143 Å². The number of carbonyl (C=O) groups excluding carboxylic acids is 1. The van der Waals surface area contributed by atoms with Crippen molar-refractivity contribution in [3.05, 3.63) is 58.7 Å². The molecule has 0 saturated carbocycles. The number of aryl methyl sites for hydroxylation is 2. The highest BCUT2D eigenvalue weighted by Gasteiger charge is 2.24. The summed E-state index contributed by atoms with van der Waals surface area (Å²) < 4.78 is 11.3. The fourth-order valence-electron chi connectivity index (χ4n) is 3.24. The summed E-state index contributed by atoms with van der Waals surface area (Å²) in [4.78, 5) is 12.3. The molecule has 0 amide bonds. The smallest absolute Gasteiger partial charge is 0.167 e. The summed E-state index contributed by atoms with van der Waals surface area (Å²) in [6, 6.07) is 12.4. The first-order valence-corrected chi connectivity index (χ1v) is 8.60. The van der Waals surface area contributed by atoms with Crippen LogP contribution in [0.3, 0.4) is 0 Å². The summed E-state index contributed by atoms with van der Waals surface area (Å²) in [5.41, 5.74) is 4.33. The number of hydrogen-bond acceptors (Lipinski definition) is 3. The average molecular weight is 324 g/mol. The van der Waals surface area contributed by atoms with E-state index in [2.05, 4.69) is 31.2 Å². The predicted octanol–water partition coefficient (Wildman–Crippen LogP) is 4.53. The Kier molecular flexibility index (Phi) is 5.19. The molecule has 1 aliphatic rings. The van der Waals surface area contributed by atoms with Gasteiger partial charge in [0.15, 0.2) is 5.78 Å². The number of hydrogen-bond donors (Lipinski definition) is 0. The summed E-state index contributed by atoms with van der Waals surface area (Å²) >= 11 is 0. The van der Waals surface area contributed by atoms with Gasteiger partial charge < -0.3 is 9.47 Å². The molecule has 0 aromatic heterocycles. The number of methoxy groups -OCH3 is 1. The second-order valence-corrected chi connectivity index (χ2v) is 6.33. The van der Waals surface area contributed by atoms with Crippen molar-refractivity contribution in [1.29, 1.82) is 0 Å². The molecular weight excluding hydrogens is 300 g/mol. The molecule has 0 spiro atoms. The molecule has 0 aliphatic heterocycles. The topological polar surface area (TPSA) is 35.5 Å². The lowest BCUT2D eigenvalue weighted by molar-refractivity contribution is 0.0967. The molecule has 3 heteroatoms. The van der Waals surface area contributed by atoms with Gasteiger partial charge in [0.05, 0.1) is 19.3 Å². The van der Waals surface area contributed by atoms with Crippen molar-refractivity contribution in [2.75, 3.05) is 13.7 Å². The average Bonchev–Trinajstić information content (AvgIpc) is 2.60. The first kappa shape index (κ1) is 16.6.